The van der Waals surface area contributed by atoms with Gasteiger partial charge in [0.1, 0.15) is 0 Å². The highest BCUT2D eigenvalue weighted by Crippen LogP contribution is 2.39. The van der Waals surface area contributed by atoms with Crippen LogP contribution in [0.4, 0.5) is 5.69 Å². The molecule has 2 heterocycles. The van der Waals surface area contributed by atoms with Gasteiger partial charge >= 0.3 is 0 Å². The van der Waals surface area contributed by atoms with E-state index in [1.807, 2.05) is 18.2 Å². The Morgan fingerprint density at radius 1 is 1.14 bits per heavy atom. The number of hydrogen-bond donors (Lipinski definition) is 2. The number of anilines is 1. The molecule has 2 aliphatic heterocycles. The molecule has 0 spiro atoms. The van der Waals surface area contributed by atoms with Crippen LogP contribution in [0.1, 0.15) is 31.2 Å². The van der Waals surface area contributed by atoms with Gasteiger partial charge in [-0.15, -0.1) is 0 Å². The van der Waals surface area contributed by atoms with Crippen LogP contribution in [-0.2, 0) is 16.0 Å². The summed E-state index contributed by atoms with van der Waals surface area (Å²) in [5.41, 5.74) is 2.20. The van der Waals surface area contributed by atoms with Crippen molar-refractivity contribution in [2.75, 3.05) is 11.9 Å². The summed E-state index contributed by atoms with van der Waals surface area (Å²) in [7, 11) is 0. The number of fused-ring (bicyclic) bond motifs is 1. The summed E-state index contributed by atoms with van der Waals surface area (Å²) < 4.78 is 5.87. The number of nitrogens with one attached hydrogen (secondary N) is 2. The molecular weight excluding hydrogens is 264 g/mol. The maximum Gasteiger partial charge on any atom is 0.241 e. The molecule has 3 aliphatic rings. The quantitative estimate of drug-likeness (QED) is 0.894. The Kier molecular flexibility index (Phi) is 3.43. The summed E-state index contributed by atoms with van der Waals surface area (Å²) in [5.74, 6) is 0.817. The van der Waals surface area contributed by atoms with Crippen LogP contribution in [0.2, 0.25) is 0 Å². The van der Waals surface area contributed by atoms with Crippen molar-refractivity contribution >= 4 is 11.6 Å². The van der Waals surface area contributed by atoms with Crippen molar-refractivity contribution in [2.24, 2.45) is 5.92 Å². The number of benzene rings is 1. The van der Waals surface area contributed by atoms with Crippen molar-refractivity contribution in [3.05, 3.63) is 29.8 Å². The normalized spacial score (nSPS) is 32.4. The molecule has 2 fully saturated rings. The highest BCUT2D eigenvalue weighted by atomic mass is 16.5. The number of para-hydroxylation sites is 1. The van der Waals surface area contributed by atoms with Crippen molar-refractivity contribution in [1.82, 2.24) is 5.32 Å². The van der Waals surface area contributed by atoms with E-state index in [4.69, 9.17) is 4.74 Å². The molecule has 0 bridgehead atoms. The zero-order chi connectivity index (χ0) is 14.2. The number of ether oxygens (including phenoxy) is 1. The number of carbonyl (C=O) groups is 1. The summed E-state index contributed by atoms with van der Waals surface area (Å²) in [4.78, 5) is 12.4. The molecule has 1 amide bonds. The van der Waals surface area contributed by atoms with Gasteiger partial charge in [-0.2, -0.15) is 0 Å². The van der Waals surface area contributed by atoms with E-state index in [2.05, 4.69) is 16.7 Å². The average Bonchev–Trinajstić information content (AvgIpc) is 3.25. The second-order valence-electron chi connectivity index (χ2n) is 6.47. The van der Waals surface area contributed by atoms with Gasteiger partial charge in [-0.1, -0.05) is 18.2 Å². The van der Waals surface area contributed by atoms with Gasteiger partial charge in [-0.3, -0.25) is 4.79 Å². The predicted molar refractivity (Wildman–Crippen MR) is 81.2 cm³/mol. The number of rotatable bonds is 3. The lowest BCUT2D eigenvalue weighted by atomic mass is 10.0. The third-order valence-corrected chi connectivity index (χ3v) is 4.93. The van der Waals surface area contributed by atoms with Crippen LogP contribution < -0.4 is 10.6 Å². The number of carbonyl (C=O) groups excluding carboxylic acids is 1. The van der Waals surface area contributed by atoms with E-state index in [1.165, 1.54) is 18.4 Å². The van der Waals surface area contributed by atoms with E-state index >= 15 is 0 Å². The third-order valence-electron chi connectivity index (χ3n) is 4.93. The Labute approximate surface area is 125 Å². The van der Waals surface area contributed by atoms with Crippen LogP contribution in [0, 0.1) is 5.92 Å². The lowest BCUT2D eigenvalue weighted by Gasteiger charge is -2.24. The summed E-state index contributed by atoms with van der Waals surface area (Å²) in [6, 6.07) is 8.33. The van der Waals surface area contributed by atoms with Gasteiger partial charge in [0.05, 0.1) is 12.1 Å². The summed E-state index contributed by atoms with van der Waals surface area (Å²) >= 11 is 0. The Balaban J connectivity index is 1.45. The van der Waals surface area contributed by atoms with Crippen molar-refractivity contribution in [3.63, 3.8) is 0 Å². The minimum Gasteiger partial charge on any atom is -0.376 e. The molecular formula is C17H22N2O2. The SMILES string of the molecule is O=C1Nc2ccccc2CCC1NC1CCOC1C1CC1. The maximum atomic E-state index is 12.4. The van der Waals surface area contributed by atoms with Gasteiger partial charge in [0.2, 0.25) is 5.91 Å². The van der Waals surface area contributed by atoms with Gasteiger partial charge in [0.15, 0.2) is 0 Å². The van der Waals surface area contributed by atoms with Crippen LogP contribution in [0.5, 0.6) is 0 Å². The largest absolute Gasteiger partial charge is 0.376 e. The third kappa shape index (κ3) is 2.70. The van der Waals surface area contributed by atoms with Crippen molar-refractivity contribution in [1.29, 1.82) is 0 Å². The molecule has 0 aromatic heterocycles. The highest BCUT2D eigenvalue weighted by Gasteiger charge is 2.42. The Morgan fingerprint density at radius 3 is 2.86 bits per heavy atom. The molecule has 112 valence electrons. The molecule has 4 rings (SSSR count). The first-order valence-corrected chi connectivity index (χ1v) is 8.08. The number of hydrogen-bond acceptors (Lipinski definition) is 3. The first kappa shape index (κ1) is 13.3. The van der Waals surface area contributed by atoms with E-state index in [9.17, 15) is 4.79 Å². The Morgan fingerprint density at radius 2 is 2.00 bits per heavy atom. The second-order valence-corrected chi connectivity index (χ2v) is 6.47. The fraction of sp³-hybridized carbons (Fsp3) is 0.588. The molecule has 3 unspecified atom stereocenters. The van der Waals surface area contributed by atoms with Crippen LogP contribution in [-0.4, -0.2) is 30.7 Å². The summed E-state index contributed by atoms with van der Waals surface area (Å²) in [6.45, 7) is 0.827. The van der Waals surface area contributed by atoms with Gasteiger partial charge in [0, 0.05) is 18.3 Å². The Hall–Kier alpha value is -1.39. The molecule has 1 aliphatic carbocycles. The zero-order valence-electron chi connectivity index (χ0n) is 12.2. The van der Waals surface area contributed by atoms with E-state index in [0.29, 0.717) is 12.1 Å². The average molecular weight is 286 g/mol. The molecule has 1 saturated heterocycles. The van der Waals surface area contributed by atoms with Crippen LogP contribution >= 0.6 is 0 Å². The molecule has 4 heteroatoms. The van der Waals surface area contributed by atoms with Gasteiger partial charge in [-0.05, 0) is 49.7 Å². The monoisotopic (exact) mass is 286 g/mol. The molecule has 1 aromatic rings. The van der Waals surface area contributed by atoms with Crippen molar-refractivity contribution < 1.29 is 9.53 Å². The topological polar surface area (TPSA) is 50.4 Å². The zero-order valence-corrected chi connectivity index (χ0v) is 12.2. The minimum absolute atomic E-state index is 0.0985. The van der Waals surface area contributed by atoms with E-state index in [0.717, 1.165) is 37.5 Å². The maximum absolute atomic E-state index is 12.4. The number of amides is 1. The van der Waals surface area contributed by atoms with E-state index < -0.39 is 0 Å². The first-order chi connectivity index (χ1) is 10.3. The molecule has 4 nitrogen and oxygen atoms in total. The van der Waals surface area contributed by atoms with Crippen LogP contribution in [0.25, 0.3) is 0 Å². The first-order valence-electron chi connectivity index (χ1n) is 8.08. The minimum atomic E-state index is -0.106. The Bertz CT molecular complexity index is 541. The molecule has 21 heavy (non-hydrogen) atoms. The number of aryl methyl sites for hydroxylation is 1. The van der Waals surface area contributed by atoms with Crippen molar-refractivity contribution in [3.8, 4) is 0 Å². The molecule has 1 aromatic carbocycles. The smallest absolute Gasteiger partial charge is 0.241 e. The van der Waals surface area contributed by atoms with Gasteiger partial charge in [-0.25, -0.2) is 0 Å². The second kappa shape index (κ2) is 5.43. The van der Waals surface area contributed by atoms with Gasteiger partial charge in [0.25, 0.3) is 0 Å². The van der Waals surface area contributed by atoms with Crippen LogP contribution in [0.3, 0.4) is 0 Å². The fourth-order valence-corrected chi connectivity index (χ4v) is 3.61. The fourth-order valence-electron chi connectivity index (χ4n) is 3.61. The molecule has 3 atom stereocenters. The summed E-state index contributed by atoms with van der Waals surface area (Å²) in [6.07, 6.45) is 5.71. The lowest BCUT2D eigenvalue weighted by Crippen LogP contribution is -2.48. The lowest BCUT2D eigenvalue weighted by molar-refractivity contribution is -0.118. The molecule has 0 radical (unpaired) electrons. The summed E-state index contributed by atoms with van der Waals surface area (Å²) in [5, 5.41) is 6.64. The van der Waals surface area contributed by atoms with Crippen molar-refractivity contribution in [2.45, 2.75) is 50.3 Å². The predicted octanol–water partition coefficient (Wildman–Crippen LogP) is 2.10. The van der Waals surface area contributed by atoms with Gasteiger partial charge < -0.3 is 15.4 Å². The molecule has 1 saturated carbocycles. The van der Waals surface area contributed by atoms with Crippen LogP contribution in [0.15, 0.2) is 24.3 Å². The van der Waals surface area contributed by atoms with E-state index in [1.54, 1.807) is 0 Å². The standard InChI is InChI=1S/C17H22N2O2/c20-17-15(8-7-11-3-1-2-4-13(11)19-17)18-14-9-10-21-16(14)12-5-6-12/h1-4,12,14-16,18H,5-10H2,(H,19,20). The van der Waals surface area contributed by atoms with E-state index in [-0.39, 0.29) is 11.9 Å². The highest BCUT2D eigenvalue weighted by molar-refractivity contribution is 5.96. The molecule has 2 N–H and O–H groups in total.